The topological polar surface area (TPSA) is 76.2 Å². The van der Waals surface area contributed by atoms with Crippen LogP contribution in [0.2, 0.25) is 0 Å². The van der Waals surface area contributed by atoms with E-state index in [0.717, 1.165) is 29.3 Å². The zero-order valence-electron chi connectivity index (χ0n) is 24.4. The number of ether oxygens (including phenoxy) is 2. The lowest BCUT2D eigenvalue weighted by Gasteiger charge is -2.33. The van der Waals surface area contributed by atoms with Crippen LogP contribution in [-0.2, 0) is 44.7 Å². The van der Waals surface area contributed by atoms with Crippen molar-refractivity contribution in [2.24, 2.45) is 0 Å². The van der Waals surface area contributed by atoms with Gasteiger partial charge in [0.05, 0.1) is 5.56 Å². The van der Waals surface area contributed by atoms with Crippen molar-refractivity contribution in [1.82, 2.24) is 9.80 Å². The number of hydrogen-bond donors (Lipinski definition) is 0. The van der Waals surface area contributed by atoms with Gasteiger partial charge in [0.25, 0.3) is 0 Å². The van der Waals surface area contributed by atoms with Gasteiger partial charge >= 0.3 is 18.2 Å². The number of hydrogen-bond acceptors (Lipinski definition) is 5. The van der Waals surface area contributed by atoms with Gasteiger partial charge in [-0.3, -0.25) is 9.59 Å². The Labute approximate surface area is 238 Å². The molecule has 0 aromatic heterocycles. The van der Waals surface area contributed by atoms with Crippen LogP contribution in [0.25, 0.3) is 11.1 Å². The SMILES string of the molecule is C=CC(=O)N(CC(=O)OC(C)(C)C)Cc1cc2c(c(-c3ccc(C(F)(F)F)cc3)c1)CN(C(=O)OC(C)(C)C)CC2. The summed E-state index contributed by atoms with van der Waals surface area (Å²) in [5, 5.41) is 0. The summed E-state index contributed by atoms with van der Waals surface area (Å²) in [6, 6.07) is 8.48. The molecule has 3 rings (SSSR count). The van der Waals surface area contributed by atoms with Gasteiger partial charge in [-0.25, -0.2) is 4.79 Å². The van der Waals surface area contributed by atoms with Gasteiger partial charge in [0.2, 0.25) is 5.91 Å². The van der Waals surface area contributed by atoms with Crippen molar-refractivity contribution in [3.05, 3.63) is 71.3 Å². The number of carbonyl (C=O) groups excluding carboxylic acids is 3. The molecule has 0 unspecified atom stereocenters. The highest BCUT2D eigenvalue weighted by molar-refractivity contribution is 5.90. The van der Waals surface area contributed by atoms with Crippen LogP contribution >= 0.6 is 0 Å². The van der Waals surface area contributed by atoms with Crippen LogP contribution in [-0.4, -0.2) is 52.1 Å². The Hall–Kier alpha value is -3.82. The highest BCUT2D eigenvalue weighted by atomic mass is 19.4. The molecule has 0 atom stereocenters. The van der Waals surface area contributed by atoms with Crippen LogP contribution in [0, 0.1) is 0 Å². The van der Waals surface area contributed by atoms with Crippen LogP contribution in [0.1, 0.15) is 63.8 Å². The molecule has 2 aromatic carbocycles. The van der Waals surface area contributed by atoms with Crippen molar-refractivity contribution >= 4 is 18.0 Å². The molecule has 0 spiro atoms. The minimum Gasteiger partial charge on any atom is -0.459 e. The first-order chi connectivity index (χ1) is 18.9. The Balaban J connectivity index is 2.03. The Morgan fingerprint density at radius 3 is 2.12 bits per heavy atom. The Bertz CT molecular complexity index is 1310. The Kier molecular flexibility index (Phi) is 9.25. The summed E-state index contributed by atoms with van der Waals surface area (Å²) in [6.45, 7) is 14.4. The molecular formula is C31H37F3N2O5. The molecule has 0 fully saturated rings. The standard InChI is InChI=1S/C31H37F3N2O5/c1-8-26(37)36(19-27(38)40-29(2,3)4)17-20-15-22-13-14-35(28(39)41-30(5,6)7)18-25(22)24(16-20)21-9-11-23(12-10-21)31(32,33)34/h8-12,15-16H,1,13-14,17-19H2,2-7H3. The third kappa shape index (κ3) is 8.83. The summed E-state index contributed by atoms with van der Waals surface area (Å²) in [7, 11) is 0. The second kappa shape index (κ2) is 12.0. The molecule has 0 N–H and O–H groups in total. The normalized spacial score (nSPS) is 13.7. The van der Waals surface area contributed by atoms with Crippen molar-refractivity contribution < 1.29 is 37.0 Å². The molecule has 0 saturated heterocycles. The molecule has 0 saturated carbocycles. The van der Waals surface area contributed by atoms with E-state index >= 15 is 0 Å². The highest BCUT2D eigenvalue weighted by Crippen LogP contribution is 2.35. The molecule has 1 heterocycles. The van der Waals surface area contributed by atoms with Crippen LogP contribution in [0.3, 0.4) is 0 Å². The first-order valence-corrected chi connectivity index (χ1v) is 13.3. The third-order valence-electron chi connectivity index (χ3n) is 6.18. The molecule has 2 amide bonds. The number of alkyl halides is 3. The second-order valence-corrected chi connectivity index (χ2v) is 12.0. The maximum absolute atomic E-state index is 13.3. The number of carbonyl (C=O) groups is 3. The number of nitrogens with zero attached hydrogens (tertiary/aromatic N) is 2. The summed E-state index contributed by atoms with van der Waals surface area (Å²) in [4.78, 5) is 40.9. The highest BCUT2D eigenvalue weighted by Gasteiger charge is 2.31. The fraction of sp³-hybridized carbons (Fsp3) is 0.452. The van der Waals surface area contributed by atoms with E-state index in [4.69, 9.17) is 9.47 Å². The molecule has 1 aliphatic heterocycles. The molecule has 7 nitrogen and oxygen atoms in total. The number of rotatable bonds is 6. The van der Waals surface area contributed by atoms with E-state index in [1.165, 1.54) is 17.0 Å². The van der Waals surface area contributed by atoms with Crippen LogP contribution in [0.5, 0.6) is 0 Å². The van der Waals surface area contributed by atoms with Gasteiger partial charge in [-0.1, -0.05) is 24.8 Å². The van der Waals surface area contributed by atoms with Gasteiger partial charge in [-0.05, 0) is 100 Å². The van der Waals surface area contributed by atoms with E-state index in [1.54, 1.807) is 52.5 Å². The number of benzene rings is 2. The van der Waals surface area contributed by atoms with Crippen LogP contribution in [0.4, 0.5) is 18.0 Å². The van der Waals surface area contributed by atoms with Gasteiger partial charge in [0, 0.05) is 19.6 Å². The maximum Gasteiger partial charge on any atom is 0.416 e. The van der Waals surface area contributed by atoms with E-state index in [2.05, 4.69) is 6.58 Å². The van der Waals surface area contributed by atoms with E-state index in [-0.39, 0.29) is 19.6 Å². The van der Waals surface area contributed by atoms with E-state index in [0.29, 0.717) is 29.7 Å². The van der Waals surface area contributed by atoms with Crippen molar-refractivity contribution in [3.63, 3.8) is 0 Å². The molecular weight excluding hydrogens is 537 g/mol. The maximum atomic E-state index is 13.3. The van der Waals surface area contributed by atoms with Gasteiger partial charge < -0.3 is 19.3 Å². The lowest BCUT2D eigenvalue weighted by atomic mass is 9.88. The molecule has 0 radical (unpaired) electrons. The van der Waals surface area contributed by atoms with Crippen LogP contribution in [0.15, 0.2) is 49.1 Å². The van der Waals surface area contributed by atoms with Crippen molar-refractivity contribution in [1.29, 1.82) is 0 Å². The fourth-order valence-corrected chi connectivity index (χ4v) is 4.49. The third-order valence-corrected chi connectivity index (χ3v) is 6.18. The summed E-state index contributed by atoms with van der Waals surface area (Å²) in [6.07, 6.45) is -3.39. The van der Waals surface area contributed by atoms with Crippen molar-refractivity contribution in [2.75, 3.05) is 13.1 Å². The lowest BCUT2D eigenvalue weighted by molar-refractivity contribution is -0.158. The van der Waals surface area contributed by atoms with E-state index in [1.807, 2.05) is 6.07 Å². The Morgan fingerprint density at radius 1 is 0.976 bits per heavy atom. The largest absolute Gasteiger partial charge is 0.459 e. The molecule has 222 valence electrons. The van der Waals surface area contributed by atoms with Crippen molar-refractivity contribution in [3.8, 4) is 11.1 Å². The zero-order valence-corrected chi connectivity index (χ0v) is 24.4. The molecule has 0 bridgehead atoms. The number of amides is 2. The average Bonchev–Trinajstić information content (AvgIpc) is 2.84. The number of halogens is 3. The van der Waals surface area contributed by atoms with E-state index < -0.39 is 40.9 Å². The van der Waals surface area contributed by atoms with Gasteiger partial charge in [-0.15, -0.1) is 0 Å². The van der Waals surface area contributed by atoms with Crippen LogP contribution < -0.4 is 0 Å². The summed E-state index contributed by atoms with van der Waals surface area (Å²) >= 11 is 0. The fourth-order valence-electron chi connectivity index (χ4n) is 4.49. The monoisotopic (exact) mass is 574 g/mol. The quantitative estimate of drug-likeness (QED) is 0.290. The minimum atomic E-state index is -4.49. The van der Waals surface area contributed by atoms with Gasteiger partial charge in [0.15, 0.2) is 0 Å². The molecule has 2 aromatic rings. The molecule has 41 heavy (non-hydrogen) atoms. The minimum absolute atomic E-state index is 0.0425. The Morgan fingerprint density at radius 2 is 1.59 bits per heavy atom. The second-order valence-electron chi connectivity index (χ2n) is 12.0. The van der Waals surface area contributed by atoms with Crippen molar-refractivity contribution in [2.45, 2.75) is 78.4 Å². The first kappa shape index (κ1) is 31.7. The predicted octanol–water partition coefficient (Wildman–Crippen LogP) is 6.52. The molecule has 1 aliphatic rings. The summed E-state index contributed by atoms with van der Waals surface area (Å²) in [5.41, 5.74) is 1.29. The number of esters is 1. The summed E-state index contributed by atoms with van der Waals surface area (Å²) < 4.78 is 50.7. The summed E-state index contributed by atoms with van der Waals surface area (Å²) in [5.74, 6) is -1.05. The number of fused-ring (bicyclic) bond motifs is 1. The first-order valence-electron chi connectivity index (χ1n) is 13.3. The predicted molar refractivity (Wildman–Crippen MR) is 149 cm³/mol. The van der Waals surface area contributed by atoms with Gasteiger partial charge in [-0.2, -0.15) is 13.2 Å². The molecule has 0 aliphatic carbocycles. The zero-order chi connectivity index (χ0) is 30.8. The lowest BCUT2D eigenvalue weighted by Crippen LogP contribution is -2.40. The van der Waals surface area contributed by atoms with Gasteiger partial charge in [0.1, 0.15) is 17.7 Å². The average molecular weight is 575 g/mol. The smallest absolute Gasteiger partial charge is 0.416 e. The molecule has 10 heteroatoms. The van der Waals surface area contributed by atoms with E-state index in [9.17, 15) is 27.6 Å².